The quantitative estimate of drug-likeness (QED) is 0.871. The fraction of sp³-hybridized carbons (Fsp3) is 0.529. The Morgan fingerprint density at radius 1 is 1.27 bits per heavy atom. The van der Waals surface area contributed by atoms with Crippen molar-refractivity contribution in [3.63, 3.8) is 0 Å². The number of amides is 1. The molecule has 0 aliphatic carbocycles. The number of benzene rings is 1. The van der Waals surface area contributed by atoms with Crippen LogP contribution in [0.2, 0.25) is 0 Å². The third kappa shape index (κ3) is 2.80. The lowest BCUT2D eigenvalue weighted by molar-refractivity contribution is -0.135. The third-order valence-electron chi connectivity index (χ3n) is 4.47. The molecule has 3 rings (SSSR count). The van der Waals surface area contributed by atoms with E-state index in [-0.39, 0.29) is 5.92 Å². The van der Waals surface area contributed by atoms with E-state index in [4.69, 9.17) is 4.42 Å². The van der Waals surface area contributed by atoms with E-state index in [9.17, 15) is 4.79 Å². The van der Waals surface area contributed by atoms with Crippen molar-refractivity contribution < 1.29 is 9.21 Å². The summed E-state index contributed by atoms with van der Waals surface area (Å²) < 4.78 is 5.81. The monoisotopic (exact) mass is 301 g/mol. The molecule has 5 nitrogen and oxygen atoms in total. The van der Waals surface area contributed by atoms with Gasteiger partial charge in [0.15, 0.2) is 5.58 Å². The van der Waals surface area contributed by atoms with Crippen molar-refractivity contribution in [2.24, 2.45) is 5.92 Å². The molecule has 2 heterocycles. The zero-order valence-corrected chi connectivity index (χ0v) is 13.3. The number of piperidine rings is 1. The van der Waals surface area contributed by atoms with E-state index in [1.165, 1.54) is 0 Å². The Morgan fingerprint density at radius 2 is 1.95 bits per heavy atom. The Hall–Kier alpha value is -2.04. The summed E-state index contributed by atoms with van der Waals surface area (Å²) in [4.78, 5) is 21.0. The number of hydrogen-bond donors (Lipinski definition) is 0. The fourth-order valence-electron chi connectivity index (χ4n) is 3.11. The zero-order chi connectivity index (χ0) is 15.5. The van der Waals surface area contributed by atoms with Crippen LogP contribution in [0.4, 0.5) is 6.01 Å². The molecular formula is C17H23N3O2. The standard InChI is InChI=1S/C17H23N3O2/c1-3-19(4-2)16(21)13-9-11-20(12-10-13)17-18-14-7-5-6-8-15(14)22-17/h5-8,13H,3-4,9-12H2,1-2H3. The van der Waals surface area contributed by atoms with Gasteiger partial charge in [-0.25, -0.2) is 0 Å². The minimum absolute atomic E-state index is 0.139. The maximum Gasteiger partial charge on any atom is 0.298 e. The first-order valence-corrected chi connectivity index (χ1v) is 8.12. The molecule has 0 N–H and O–H groups in total. The highest BCUT2D eigenvalue weighted by atomic mass is 16.4. The number of fused-ring (bicyclic) bond motifs is 1. The molecule has 5 heteroatoms. The van der Waals surface area contributed by atoms with Gasteiger partial charge < -0.3 is 14.2 Å². The smallest absolute Gasteiger partial charge is 0.298 e. The molecule has 0 radical (unpaired) electrons. The first kappa shape index (κ1) is 14.9. The van der Waals surface area contributed by atoms with Gasteiger partial charge in [0.25, 0.3) is 6.01 Å². The molecule has 1 aromatic heterocycles. The summed E-state index contributed by atoms with van der Waals surface area (Å²) in [7, 11) is 0. The maximum atomic E-state index is 12.4. The molecule has 0 bridgehead atoms. The summed E-state index contributed by atoms with van der Waals surface area (Å²) >= 11 is 0. The van der Waals surface area contributed by atoms with Crippen LogP contribution in [0.3, 0.4) is 0 Å². The molecule has 0 unspecified atom stereocenters. The average Bonchev–Trinajstić information content (AvgIpc) is 3.00. The second kappa shape index (κ2) is 6.38. The normalized spacial score (nSPS) is 16.2. The van der Waals surface area contributed by atoms with Gasteiger partial charge in [0.05, 0.1) is 0 Å². The van der Waals surface area contributed by atoms with Crippen LogP contribution < -0.4 is 4.90 Å². The summed E-state index contributed by atoms with van der Waals surface area (Å²) in [6.07, 6.45) is 1.74. The largest absolute Gasteiger partial charge is 0.423 e. The van der Waals surface area contributed by atoms with Crippen LogP contribution in [0.25, 0.3) is 11.1 Å². The number of anilines is 1. The van der Waals surface area contributed by atoms with Crippen molar-refractivity contribution in [3.05, 3.63) is 24.3 Å². The summed E-state index contributed by atoms with van der Waals surface area (Å²) in [5.74, 6) is 0.433. The van der Waals surface area contributed by atoms with Gasteiger partial charge in [0, 0.05) is 32.1 Å². The summed E-state index contributed by atoms with van der Waals surface area (Å²) in [6.45, 7) is 7.31. The van der Waals surface area contributed by atoms with Gasteiger partial charge in [-0.15, -0.1) is 0 Å². The molecule has 22 heavy (non-hydrogen) atoms. The Bertz CT molecular complexity index is 607. The molecule has 118 valence electrons. The Morgan fingerprint density at radius 3 is 2.59 bits per heavy atom. The van der Waals surface area contributed by atoms with E-state index < -0.39 is 0 Å². The van der Waals surface area contributed by atoms with Gasteiger partial charge in [-0.05, 0) is 38.8 Å². The summed E-state index contributed by atoms with van der Waals surface area (Å²) in [5, 5.41) is 0. The molecule has 2 aromatic rings. The van der Waals surface area contributed by atoms with E-state index in [0.717, 1.165) is 50.1 Å². The number of hydrogen-bond acceptors (Lipinski definition) is 4. The second-order valence-electron chi connectivity index (χ2n) is 5.74. The van der Waals surface area contributed by atoms with Crippen LogP contribution in [0.5, 0.6) is 0 Å². The van der Waals surface area contributed by atoms with E-state index in [1.54, 1.807) is 0 Å². The van der Waals surface area contributed by atoms with Crippen molar-refractivity contribution in [3.8, 4) is 0 Å². The number of carbonyl (C=O) groups is 1. The predicted octanol–water partition coefficient (Wildman–Crippen LogP) is 2.91. The van der Waals surface area contributed by atoms with E-state index in [2.05, 4.69) is 9.88 Å². The first-order chi connectivity index (χ1) is 10.7. The van der Waals surface area contributed by atoms with E-state index in [0.29, 0.717) is 11.9 Å². The van der Waals surface area contributed by atoms with Crippen molar-refractivity contribution in [2.75, 3.05) is 31.1 Å². The molecule has 1 aliphatic rings. The van der Waals surface area contributed by atoms with Crippen LogP contribution in [0, 0.1) is 5.92 Å². The molecule has 0 spiro atoms. The lowest BCUT2D eigenvalue weighted by Crippen LogP contribution is -2.42. The Kier molecular flexibility index (Phi) is 4.32. The van der Waals surface area contributed by atoms with Gasteiger partial charge in [-0.2, -0.15) is 4.98 Å². The number of oxazole rings is 1. The van der Waals surface area contributed by atoms with Crippen LogP contribution >= 0.6 is 0 Å². The Labute approximate surface area is 130 Å². The summed E-state index contributed by atoms with van der Waals surface area (Å²) in [6, 6.07) is 8.48. The van der Waals surface area contributed by atoms with Crippen molar-refractivity contribution >= 4 is 23.0 Å². The number of carbonyl (C=O) groups excluding carboxylic acids is 1. The average molecular weight is 301 g/mol. The van der Waals surface area contributed by atoms with Gasteiger partial charge in [-0.3, -0.25) is 4.79 Å². The van der Waals surface area contributed by atoms with Crippen LogP contribution in [0.15, 0.2) is 28.7 Å². The highest BCUT2D eigenvalue weighted by Gasteiger charge is 2.29. The van der Waals surface area contributed by atoms with Crippen molar-refractivity contribution in [2.45, 2.75) is 26.7 Å². The molecule has 1 amide bonds. The van der Waals surface area contributed by atoms with Crippen LogP contribution in [0.1, 0.15) is 26.7 Å². The highest BCUT2D eigenvalue weighted by molar-refractivity contribution is 5.79. The van der Waals surface area contributed by atoms with Gasteiger partial charge in [0.1, 0.15) is 5.52 Å². The van der Waals surface area contributed by atoms with Gasteiger partial charge in [-0.1, -0.05) is 12.1 Å². The van der Waals surface area contributed by atoms with Crippen LogP contribution in [-0.4, -0.2) is 42.0 Å². The van der Waals surface area contributed by atoms with E-state index in [1.807, 2.05) is 43.0 Å². The number of para-hydroxylation sites is 2. The lowest BCUT2D eigenvalue weighted by Gasteiger charge is -2.32. The summed E-state index contributed by atoms with van der Waals surface area (Å²) in [5.41, 5.74) is 1.71. The number of rotatable bonds is 4. The molecule has 1 aliphatic heterocycles. The Balaban J connectivity index is 1.65. The highest BCUT2D eigenvalue weighted by Crippen LogP contribution is 2.27. The lowest BCUT2D eigenvalue weighted by atomic mass is 9.95. The number of nitrogens with zero attached hydrogens (tertiary/aromatic N) is 3. The van der Waals surface area contributed by atoms with E-state index >= 15 is 0 Å². The molecule has 1 aromatic carbocycles. The molecule has 1 fully saturated rings. The maximum absolute atomic E-state index is 12.4. The fourth-order valence-corrected chi connectivity index (χ4v) is 3.11. The topological polar surface area (TPSA) is 49.6 Å². The minimum atomic E-state index is 0.139. The molecule has 1 saturated heterocycles. The number of aromatic nitrogens is 1. The minimum Gasteiger partial charge on any atom is -0.423 e. The first-order valence-electron chi connectivity index (χ1n) is 8.12. The zero-order valence-electron chi connectivity index (χ0n) is 13.3. The molecule has 0 saturated carbocycles. The third-order valence-corrected chi connectivity index (χ3v) is 4.47. The predicted molar refractivity (Wildman–Crippen MR) is 86.9 cm³/mol. The van der Waals surface area contributed by atoms with Gasteiger partial charge >= 0.3 is 0 Å². The molecule has 0 atom stereocenters. The van der Waals surface area contributed by atoms with Crippen LogP contribution in [-0.2, 0) is 4.79 Å². The van der Waals surface area contributed by atoms with Crippen molar-refractivity contribution in [1.29, 1.82) is 0 Å². The van der Waals surface area contributed by atoms with Gasteiger partial charge in [0.2, 0.25) is 5.91 Å². The van der Waals surface area contributed by atoms with Crippen molar-refractivity contribution in [1.82, 2.24) is 9.88 Å². The molecular weight excluding hydrogens is 278 g/mol. The SMILES string of the molecule is CCN(CC)C(=O)C1CCN(c2nc3ccccc3o2)CC1. The second-order valence-corrected chi connectivity index (χ2v) is 5.74.